The molecular formula is C14H16N4O3. The molecule has 0 saturated carbocycles. The Labute approximate surface area is 121 Å². The zero-order valence-corrected chi connectivity index (χ0v) is 11.3. The van der Waals surface area contributed by atoms with Crippen LogP contribution in [0.1, 0.15) is 16.8 Å². The van der Waals surface area contributed by atoms with Crippen molar-refractivity contribution >= 4 is 5.95 Å². The van der Waals surface area contributed by atoms with Crippen LogP contribution in [0.3, 0.4) is 0 Å². The van der Waals surface area contributed by atoms with Gasteiger partial charge in [-0.3, -0.25) is 4.90 Å². The van der Waals surface area contributed by atoms with Gasteiger partial charge in [-0.2, -0.15) is 0 Å². The van der Waals surface area contributed by atoms with Gasteiger partial charge in [-0.05, 0) is 6.07 Å². The van der Waals surface area contributed by atoms with Gasteiger partial charge in [0, 0.05) is 43.4 Å². The standard InChI is InChI=1S/C14H16N4O3/c15-14-16-5-9-7-18(4-3-10(9)17-14)6-8-1-2-11(19)13(21)12(8)20/h1-2,5,19-21H,3-4,6-7H2,(H2,15,16,17). The lowest BCUT2D eigenvalue weighted by molar-refractivity contribution is 0.238. The molecule has 0 saturated heterocycles. The van der Waals surface area contributed by atoms with Crippen LogP contribution < -0.4 is 5.73 Å². The molecule has 2 aromatic rings. The van der Waals surface area contributed by atoms with E-state index in [0.717, 1.165) is 24.2 Å². The zero-order valence-electron chi connectivity index (χ0n) is 11.3. The normalized spacial score (nSPS) is 14.9. The Hall–Kier alpha value is -2.54. The number of anilines is 1. The highest BCUT2D eigenvalue weighted by Gasteiger charge is 2.20. The third kappa shape index (κ3) is 2.55. The van der Waals surface area contributed by atoms with Gasteiger partial charge in [0.1, 0.15) is 0 Å². The van der Waals surface area contributed by atoms with E-state index >= 15 is 0 Å². The first-order valence-corrected chi connectivity index (χ1v) is 6.60. The van der Waals surface area contributed by atoms with Gasteiger partial charge in [-0.1, -0.05) is 6.07 Å². The summed E-state index contributed by atoms with van der Waals surface area (Å²) >= 11 is 0. The topological polar surface area (TPSA) is 116 Å². The molecule has 0 bridgehead atoms. The van der Waals surface area contributed by atoms with E-state index in [4.69, 9.17) is 5.73 Å². The van der Waals surface area contributed by atoms with Gasteiger partial charge in [0.05, 0.1) is 5.69 Å². The third-order valence-electron chi connectivity index (χ3n) is 3.64. The van der Waals surface area contributed by atoms with E-state index < -0.39 is 5.75 Å². The molecule has 2 heterocycles. The predicted molar refractivity (Wildman–Crippen MR) is 75.7 cm³/mol. The average Bonchev–Trinajstić information content (AvgIpc) is 2.48. The average molecular weight is 288 g/mol. The van der Waals surface area contributed by atoms with Gasteiger partial charge in [0.25, 0.3) is 0 Å². The van der Waals surface area contributed by atoms with E-state index in [0.29, 0.717) is 18.7 Å². The molecule has 5 N–H and O–H groups in total. The van der Waals surface area contributed by atoms with E-state index in [1.807, 2.05) is 0 Å². The molecule has 0 atom stereocenters. The smallest absolute Gasteiger partial charge is 0.220 e. The van der Waals surface area contributed by atoms with Crippen molar-refractivity contribution in [1.82, 2.24) is 14.9 Å². The summed E-state index contributed by atoms with van der Waals surface area (Å²) in [5.74, 6) is -0.817. The number of phenolic OH excluding ortho intramolecular Hbond substituents is 3. The molecule has 0 radical (unpaired) electrons. The zero-order chi connectivity index (χ0) is 15.0. The van der Waals surface area contributed by atoms with Crippen molar-refractivity contribution in [3.05, 3.63) is 35.2 Å². The van der Waals surface area contributed by atoms with Crippen molar-refractivity contribution in [1.29, 1.82) is 0 Å². The molecule has 21 heavy (non-hydrogen) atoms. The minimum Gasteiger partial charge on any atom is -0.504 e. The molecule has 0 unspecified atom stereocenters. The summed E-state index contributed by atoms with van der Waals surface area (Å²) in [5.41, 5.74) is 8.10. The highest BCUT2D eigenvalue weighted by molar-refractivity contribution is 5.53. The first-order valence-electron chi connectivity index (χ1n) is 6.60. The monoisotopic (exact) mass is 288 g/mol. The van der Waals surface area contributed by atoms with Crippen molar-refractivity contribution in [3.8, 4) is 17.2 Å². The summed E-state index contributed by atoms with van der Waals surface area (Å²) in [4.78, 5) is 10.3. The Morgan fingerprint density at radius 1 is 1.19 bits per heavy atom. The van der Waals surface area contributed by atoms with Crippen molar-refractivity contribution in [2.45, 2.75) is 19.5 Å². The van der Waals surface area contributed by atoms with E-state index in [1.54, 1.807) is 12.3 Å². The summed E-state index contributed by atoms with van der Waals surface area (Å²) < 4.78 is 0. The van der Waals surface area contributed by atoms with Crippen LogP contribution in [0.2, 0.25) is 0 Å². The number of benzene rings is 1. The maximum absolute atomic E-state index is 9.86. The Morgan fingerprint density at radius 3 is 2.81 bits per heavy atom. The van der Waals surface area contributed by atoms with Crippen LogP contribution in [0.25, 0.3) is 0 Å². The van der Waals surface area contributed by atoms with Crippen LogP contribution in [0.4, 0.5) is 5.95 Å². The van der Waals surface area contributed by atoms with Gasteiger partial charge in [0.15, 0.2) is 11.5 Å². The first kappa shape index (κ1) is 13.4. The highest BCUT2D eigenvalue weighted by atomic mass is 16.3. The molecule has 110 valence electrons. The second kappa shape index (κ2) is 5.10. The highest BCUT2D eigenvalue weighted by Crippen LogP contribution is 2.37. The molecule has 0 spiro atoms. The minimum atomic E-state index is -0.485. The molecular weight excluding hydrogens is 272 g/mol. The van der Waals surface area contributed by atoms with E-state index in [1.165, 1.54) is 6.07 Å². The lowest BCUT2D eigenvalue weighted by Gasteiger charge is -2.28. The number of rotatable bonds is 2. The summed E-state index contributed by atoms with van der Waals surface area (Å²) in [6.07, 6.45) is 2.48. The van der Waals surface area contributed by atoms with Crippen LogP contribution in [0.15, 0.2) is 18.3 Å². The Morgan fingerprint density at radius 2 is 2.00 bits per heavy atom. The molecule has 0 aliphatic carbocycles. The first-order chi connectivity index (χ1) is 10.0. The second-order valence-electron chi connectivity index (χ2n) is 5.10. The van der Waals surface area contributed by atoms with Crippen molar-refractivity contribution in [2.24, 2.45) is 0 Å². The van der Waals surface area contributed by atoms with Crippen molar-refractivity contribution in [2.75, 3.05) is 12.3 Å². The van der Waals surface area contributed by atoms with E-state index in [9.17, 15) is 15.3 Å². The van der Waals surface area contributed by atoms with Gasteiger partial charge >= 0.3 is 0 Å². The van der Waals surface area contributed by atoms with Gasteiger partial charge in [-0.15, -0.1) is 0 Å². The molecule has 1 aliphatic heterocycles. The summed E-state index contributed by atoms with van der Waals surface area (Å²) in [5, 5.41) is 28.7. The summed E-state index contributed by atoms with van der Waals surface area (Å²) in [6.45, 7) is 1.88. The maximum atomic E-state index is 9.86. The van der Waals surface area contributed by atoms with Crippen LogP contribution in [-0.2, 0) is 19.5 Å². The number of fused-ring (bicyclic) bond motifs is 1. The number of hydrogen-bond donors (Lipinski definition) is 4. The lowest BCUT2D eigenvalue weighted by Crippen LogP contribution is -2.31. The number of aromatic nitrogens is 2. The van der Waals surface area contributed by atoms with Crippen LogP contribution in [0, 0.1) is 0 Å². The molecule has 1 aromatic heterocycles. The van der Waals surface area contributed by atoms with E-state index in [2.05, 4.69) is 14.9 Å². The van der Waals surface area contributed by atoms with Crippen molar-refractivity contribution in [3.63, 3.8) is 0 Å². The van der Waals surface area contributed by atoms with Crippen LogP contribution in [0.5, 0.6) is 17.2 Å². The van der Waals surface area contributed by atoms with E-state index in [-0.39, 0.29) is 17.4 Å². The molecule has 7 nitrogen and oxygen atoms in total. The molecule has 0 fully saturated rings. The number of nitrogen functional groups attached to an aromatic ring is 1. The number of nitrogens with two attached hydrogens (primary N) is 1. The van der Waals surface area contributed by atoms with Gasteiger partial charge in [-0.25, -0.2) is 9.97 Å². The molecule has 3 rings (SSSR count). The molecule has 0 amide bonds. The second-order valence-corrected chi connectivity index (χ2v) is 5.10. The van der Waals surface area contributed by atoms with Crippen LogP contribution in [-0.4, -0.2) is 36.7 Å². The van der Waals surface area contributed by atoms with Gasteiger partial charge < -0.3 is 21.1 Å². The third-order valence-corrected chi connectivity index (χ3v) is 3.64. The Balaban J connectivity index is 1.79. The fraction of sp³-hybridized carbons (Fsp3) is 0.286. The molecule has 1 aliphatic rings. The summed E-state index contributed by atoms with van der Waals surface area (Å²) in [6, 6.07) is 2.96. The molecule has 1 aromatic carbocycles. The quantitative estimate of drug-likeness (QED) is 0.602. The maximum Gasteiger partial charge on any atom is 0.220 e. The minimum absolute atomic E-state index is 0.281. The number of nitrogens with zero attached hydrogens (tertiary/aromatic N) is 3. The number of hydrogen-bond acceptors (Lipinski definition) is 7. The molecule has 7 heteroatoms. The number of aromatic hydroxyl groups is 3. The number of phenols is 3. The van der Waals surface area contributed by atoms with Crippen LogP contribution >= 0.6 is 0 Å². The van der Waals surface area contributed by atoms with Gasteiger partial charge in [0.2, 0.25) is 11.7 Å². The fourth-order valence-electron chi connectivity index (χ4n) is 2.50. The van der Waals surface area contributed by atoms with Crippen molar-refractivity contribution < 1.29 is 15.3 Å². The Bertz CT molecular complexity index is 690. The lowest BCUT2D eigenvalue weighted by atomic mass is 10.1. The fourth-order valence-corrected chi connectivity index (χ4v) is 2.50. The largest absolute Gasteiger partial charge is 0.504 e. The Kier molecular flexibility index (Phi) is 3.26. The predicted octanol–water partition coefficient (Wildman–Crippen LogP) is 0.734. The SMILES string of the molecule is Nc1ncc2c(n1)CCN(Cc1ccc(O)c(O)c1O)C2. The summed E-state index contributed by atoms with van der Waals surface area (Å²) in [7, 11) is 0.